The monoisotopic (exact) mass is 349 g/mol. The van der Waals surface area contributed by atoms with Gasteiger partial charge in [0.2, 0.25) is 12.5 Å². The number of alkyl halides is 1. The molecule has 1 rings (SSSR count). The van der Waals surface area contributed by atoms with Crippen LogP contribution in [0.4, 0.5) is 4.39 Å². The molecule has 0 spiro atoms. The second-order valence-electron chi connectivity index (χ2n) is 5.05. The van der Waals surface area contributed by atoms with Crippen molar-refractivity contribution < 1.29 is 47.3 Å². The van der Waals surface area contributed by atoms with E-state index in [4.69, 9.17) is 23.7 Å². The zero-order chi connectivity index (χ0) is 18.4. The quantitative estimate of drug-likeness (QED) is 0.501. The summed E-state index contributed by atoms with van der Waals surface area (Å²) >= 11 is 0. The summed E-state index contributed by atoms with van der Waals surface area (Å²) in [5.74, 6) is -3.11. The second kappa shape index (κ2) is 8.57. The van der Waals surface area contributed by atoms with Crippen LogP contribution in [0.25, 0.3) is 0 Å². The van der Waals surface area contributed by atoms with E-state index in [1.165, 1.54) is 0 Å². The molecular formula is C14H19FO9. The van der Waals surface area contributed by atoms with Gasteiger partial charge in [0.15, 0.2) is 12.2 Å². The lowest BCUT2D eigenvalue weighted by molar-refractivity contribution is -0.284. The highest BCUT2D eigenvalue weighted by molar-refractivity contribution is 5.68. The molecule has 0 bridgehead atoms. The molecule has 0 aromatic rings. The molecule has 0 N–H and O–H groups in total. The van der Waals surface area contributed by atoms with Crippen molar-refractivity contribution in [2.45, 2.75) is 58.5 Å². The van der Waals surface area contributed by atoms with Gasteiger partial charge in [0.1, 0.15) is 12.7 Å². The Balaban J connectivity index is 3.08. The fourth-order valence-corrected chi connectivity index (χ4v) is 2.12. The highest BCUT2D eigenvalue weighted by atomic mass is 18.2. The first-order valence-corrected chi connectivity index (χ1v) is 7.06. The molecule has 1 heterocycles. The third kappa shape index (κ3) is 5.76. The molecule has 10 heteroatoms. The minimum absolute atomic E-state index is 0.421. The fourth-order valence-electron chi connectivity index (χ4n) is 2.12. The number of halogens is 1. The maximum absolute atomic E-state index is 14.5. The van der Waals surface area contributed by atoms with E-state index < -0.39 is 61.3 Å². The summed E-state index contributed by atoms with van der Waals surface area (Å²) < 4.78 is 39.0. The summed E-state index contributed by atoms with van der Waals surface area (Å²) in [4.78, 5) is 44.5. The first-order chi connectivity index (χ1) is 11.1. The Labute approximate surface area is 137 Å². The van der Waals surface area contributed by atoms with Gasteiger partial charge in [-0.2, -0.15) is 0 Å². The van der Waals surface area contributed by atoms with Crippen molar-refractivity contribution in [1.82, 2.24) is 0 Å². The van der Waals surface area contributed by atoms with Gasteiger partial charge in [0.25, 0.3) is 0 Å². The van der Waals surface area contributed by atoms with Crippen LogP contribution in [0.1, 0.15) is 27.7 Å². The Kier molecular flexibility index (Phi) is 7.08. The van der Waals surface area contributed by atoms with Crippen LogP contribution in [0.5, 0.6) is 0 Å². The number of hydrogen-bond acceptors (Lipinski definition) is 9. The van der Waals surface area contributed by atoms with Gasteiger partial charge < -0.3 is 23.7 Å². The van der Waals surface area contributed by atoms with Gasteiger partial charge in [-0.25, -0.2) is 4.39 Å². The predicted molar refractivity (Wildman–Crippen MR) is 73.1 cm³/mol. The second-order valence-corrected chi connectivity index (χ2v) is 5.05. The lowest BCUT2D eigenvalue weighted by Gasteiger charge is -2.41. The van der Waals surface area contributed by atoms with Gasteiger partial charge in [0.05, 0.1) is 0 Å². The first-order valence-electron chi connectivity index (χ1n) is 7.06. The molecule has 0 saturated carbocycles. The third-order valence-electron chi connectivity index (χ3n) is 2.91. The fraction of sp³-hybridized carbons (Fsp3) is 0.714. The van der Waals surface area contributed by atoms with E-state index in [1.54, 1.807) is 0 Å². The van der Waals surface area contributed by atoms with Gasteiger partial charge >= 0.3 is 23.9 Å². The molecule has 9 nitrogen and oxygen atoms in total. The van der Waals surface area contributed by atoms with Crippen molar-refractivity contribution in [2.75, 3.05) is 6.61 Å². The van der Waals surface area contributed by atoms with Crippen molar-refractivity contribution in [3.05, 3.63) is 0 Å². The van der Waals surface area contributed by atoms with Crippen LogP contribution in [-0.2, 0) is 42.9 Å². The minimum Gasteiger partial charge on any atom is -0.463 e. The van der Waals surface area contributed by atoms with E-state index in [2.05, 4.69) is 0 Å². The lowest BCUT2D eigenvalue weighted by atomic mass is 9.99. The maximum atomic E-state index is 14.5. The molecule has 0 aromatic heterocycles. The zero-order valence-electron chi connectivity index (χ0n) is 13.6. The van der Waals surface area contributed by atoms with Crippen LogP contribution < -0.4 is 0 Å². The number of carbonyl (C=O) groups excluding carboxylic acids is 4. The van der Waals surface area contributed by atoms with Gasteiger partial charge in [-0.1, -0.05) is 0 Å². The molecule has 1 aliphatic heterocycles. The van der Waals surface area contributed by atoms with Gasteiger partial charge in [-0.3, -0.25) is 19.2 Å². The standard InChI is InChI=1S/C14H19FO9/c1-6(16)20-5-10-12(21-7(2)17)13(22-8(3)18)11(15)14(24-10)23-9(4)19/h10-14H,5H2,1-4H3/t10-,11+,12-,13-,14?/m1/s1/i15-1. The summed E-state index contributed by atoms with van der Waals surface area (Å²) in [6.07, 6.45) is -7.98. The molecule has 1 saturated heterocycles. The van der Waals surface area contributed by atoms with Crippen LogP contribution in [0.2, 0.25) is 0 Å². The summed E-state index contributed by atoms with van der Waals surface area (Å²) in [5.41, 5.74) is 0. The van der Waals surface area contributed by atoms with Gasteiger partial charge in [-0.05, 0) is 0 Å². The van der Waals surface area contributed by atoms with E-state index in [-0.39, 0.29) is 0 Å². The normalized spacial score (nSPS) is 29.3. The number of esters is 4. The van der Waals surface area contributed by atoms with Gasteiger partial charge in [0, 0.05) is 27.7 Å². The highest BCUT2D eigenvalue weighted by Gasteiger charge is 2.52. The molecule has 0 aromatic carbocycles. The summed E-state index contributed by atoms with van der Waals surface area (Å²) in [6, 6.07) is 0. The van der Waals surface area contributed by atoms with Crippen molar-refractivity contribution in [2.24, 2.45) is 0 Å². The average molecular weight is 349 g/mol. The molecule has 136 valence electrons. The average Bonchev–Trinajstić information content (AvgIpc) is 2.42. The van der Waals surface area contributed by atoms with E-state index in [1.807, 2.05) is 0 Å². The molecule has 1 aliphatic rings. The minimum atomic E-state index is -2.10. The van der Waals surface area contributed by atoms with E-state index in [0.717, 1.165) is 27.7 Å². The Morgan fingerprint density at radius 1 is 0.833 bits per heavy atom. The van der Waals surface area contributed by atoms with E-state index in [9.17, 15) is 23.6 Å². The number of rotatable bonds is 5. The Hall–Kier alpha value is -2.23. The van der Waals surface area contributed by atoms with Crippen LogP contribution in [0.3, 0.4) is 0 Å². The van der Waals surface area contributed by atoms with Crippen LogP contribution in [0, 0.1) is 0 Å². The number of hydrogen-bond donors (Lipinski definition) is 0. The molecule has 24 heavy (non-hydrogen) atoms. The first kappa shape index (κ1) is 19.8. The molecule has 0 amide bonds. The summed E-state index contributed by atoms with van der Waals surface area (Å²) in [7, 11) is 0. The van der Waals surface area contributed by atoms with Crippen molar-refractivity contribution in [3.8, 4) is 0 Å². The highest BCUT2D eigenvalue weighted by Crippen LogP contribution is 2.29. The molecule has 1 fully saturated rings. The maximum Gasteiger partial charge on any atom is 0.305 e. The molecule has 0 aliphatic carbocycles. The Bertz CT molecular complexity index is 490. The number of ether oxygens (including phenoxy) is 5. The SMILES string of the molecule is CC(=O)OC[C@H]1OC(OC(C)=O)[C@@H]([18F])[C@@H](OC(C)=O)[C@@H]1OC(C)=O. The molecule has 0 radical (unpaired) electrons. The van der Waals surface area contributed by atoms with E-state index in [0.29, 0.717) is 0 Å². The zero-order valence-corrected chi connectivity index (χ0v) is 13.6. The topological polar surface area (TPSA) is 114 Å². The summed E-state index contributed by atoms with van der Waals surface area (Å²) in [5, 5.41) is 0. The van der Waals surface area contributed by atoms with Crippen LogP contribution >= 0.6 is 0 Å². The molecule has 5 atom stereocenters. The molecular weight excluding hydrogens is 330 g/mol. The predicted octanol–water partition coefficient (Wildman–Crippen LogP) is 0.0390. The van der Waals surface area contributed by atoms with E-state index >= 15 is 0 Å². The lowest BCUT2D eigenvalue weighted by Crippen LogP contribution is -2.60. The van der Waals surface area contributed by atoms with Gasteiger partial charge in [-0.15, -0.1) is 0 Å². The van der Waals surface area contributed by atoms with Crippen molar-refractivity contribution >= 4 is 23.9 Å². The van der Waals surface area contributed by atoms with Crippen molar-refractivity contribution in [3.63, 3.8) is 0 Å². The molecule has 1 unspecified atom stereocenters. The van der Waals surface area contributed by atoms with Crippen LogP contribution in [-0.4, -0.2) is 61.3 Å². The Morgan fingerprint density at radius 3 is 1.79 bits per heavy atom. The summed E-state index contributed by atoms with van der Waals surface area (Å²) in [6.45, 7) is 3.86. The number of carbonyl (C=O) groups is 4. The Morgan fingerprint density at radius 2 is 1.33 bits per heavy atom. The van der Waals surface area contributed by atoms with Crippen LogP contribution in [0.15, 0.2) is 0 Å². The van der Waals surface area contributed by atoms with Crippen molar-refractivity contribution in [1.29, 1.82) is 0 Å². The smallest absolute Gasteiger partial charge is 0.305 e. The third-order valence-corrected chi connectivity index (χ3v) is 2.91. The largest absolute Gasteiger partial charge is 0.463 e.